The van der Waals surface area contributed by atoms with Gasteiger partial charge in [0.2, 0.25) is 0 Å². The fourth-order valence-electron chi connectivity index (χ4n) is 1.26. The zero-order chi connectivity index (χ0) is 15.2. The Bertz CT molecular complexity index is 591. The molecule has 0 bridgehead atoms. The first-order chi connectivity index (χ1) is 9.22. The molecule has 0 saturated heterocycles. The Labute approximate surface area is 120 Å². The van der Waals surface area contributed by atoms with Crippen LogP contribution in [0.2, 0.25) is 0 Å². The molecule has 0 aromatic heterocycles. The van der Waals surface area contributed by atoms with Crippen LogP contribution in [0.5, 0.6) is 0 Å². The molecule has 4 nitrogen and oxygen atoms in total. The van der Waals surface area contributed by atoms with E-state index in [0.717, 1.165) is 0 Å². The largest absolute Gasteiger partial charge is 0.522 e. The smallest absolute Gasteiger partial charge is 0.344 e. The molecule has 0 heterocycles. The minimum atomic E-state index is -5.84. The third kappa shape index (κ3) is 6.39. The van der Waals surface area contributed by atoms with Gasteiger partial charge in [0.05, 0.1) is 0 Å². The first-order valence-electron chi connectivity index (χ1n) is 5.36. The topological polar surface area (TPSA) is 89.4 Å². The molecule has 0 radical (unpaired) electrons. The molecule has 21 heavy (non-hydrogen) atoms. The SMILES string of the molecule is N.O=S(=O)(O)C(F)(F)F.c1ccc(-c2ccccc2)cc1. The first-order valence-corrected chi connectivity index (χ1v) is 6.80. The van der Waals surface area contributed by atoms with Crippen LogP contribution in [0.4, 0.5) is 13.2 Å². The van der Waals surface area contributed by atoms with Gasteiger partial charge in [0.15, 0.2) is 0 Å². The van der Waals surface area contributed by atoms with E-state index in [0.29, 0.717) is 0 Å². The van der Waals surface area contributed by atoms with Gasteiger partial charge in [-0.05, 0) is 11.1 Å². The Hall–Kier alpha value is -1.90. The van der Waals surface area contributed by atoms with Crippen LogP contribution in [0, 0.1) is 0 Å². The van der Waals surface area contributed by atoms with E-state index < -0.39 is 15.6 Å². The highest BCUT2D eigenvalue weighted by atomic mass is 32.2. The lowest BCUT2D eigenvalue weighted by molar-refractivity contribution is -0.0510. The lowest BCUT2D eigenvalue weighted by Crippen LogP contribution is -2.21. The molecule has 2 aromatic carbocycles. The third-order valence-corrected chi connectivity index (χ3v) is 2.76. The number of hydrogen-bond donors (Lipinski definition) is 2. The molecule has 0 atom stereocenters. The molecule has 0 saturated carbocycles. The monoisotopic (exact) mass is 321 g/mol. The number of halogens is 3. The summed E-state index contributed by atoms with van der Waals surface area (Å²) in [5.74, 6) is 0. The number of benzene rings is 2. The minimum Gasteiger partial charge on any atom is -0.344 e. The van der Waals surface area contributed by atoms with Crippen molar-refractivity contribution in [2.45, 2.75) is 5.51 Å². The van der Waals surface area contributed by atoms with Gasteiger partial charge in [-0.2, -0.15) is 21.6 Å². The molecule has 8 heteroatoms. The Balaban J connectivity index is 0.000000397. The molecule has 4 N–H and O–H groups in total. The quantitative estimate of drug-likeness (QED) is 0.615. The van der Waals surface area contributed by atoms with Crippen LogP contribution in [-0.2, 0) is 10.1 Å². The molecular formula is C13H14F3NO3S. The Morgan fingerprint density at radius 2 is 1.00 bits per heavy atom. The normalized spacial score (nSPS) is 10.9. The number of hydrogen-bond acceptors (Lipinski definition) is 3. The van der Waals surface area contributed by atoms with Gasteiger partial charge in [0.1, 0.15) is 0 Å². The Kier molecular flexibility index (Phi) is 7.07. The van der Waals surface area contributed by atoms with E-state index in [4.69, 9.17) is 13.0 Å². The van der Waals surface area contributed by atoms with Crippen LogP contribution in [0.15, 0.2) is 60.7 Å². The van der Waals surface area contributed by atoms with Gasteiger partial charge in [-0.15, -0.1) is 0 Å². The summed E-state index contributed by atoms with van der Waals surface area (Å²) < 4.78 is 57.5. The van der Waals surface area contributed by atoms with Crippen LogP contribution in [-0.4, -0.2) is 18.5 Å². The Morgan fingerprint density at radius 3 is 1.19 bits per heavy atom. The maximum absolute atomic E-state index is 10.7. The molecule has 0 aliphatic heterocycles. The summed E-state index contributed by atoms with van der Waals surface area (Å²) in [6.45, 7) is 0. The lowest BCUT2D eigenvalue weighted by atomic mass is 10.1. The van der Waals surface area contributed by atoms with Crippen molar-refractivity contribution in [2.75, 3.05) is 0 Å². The fraction of sp³-hybridized carbons (Fsp3) is 0.0769. The second-order valence-corrected chi connectivity index (χ2v) is 5.07. The minimum absolute atomic E-state index is 0. The van der Waals surface area contributed by atoms with Crippen molar-refractivity contribution < 1.29 is 26.1 Å². The molecule has 2 rings (SSSR count). The van der Waals surface area contributed by atoms with Gasteiger partial charge in [-0.1, -0.05) is 60.7 Å². The summed E-state index contributed by atoms with van der Waals surface area (Å²) >= 11 is 0. The maximum Gasteiger partial charge on any atom is 0.522 e. The van der Waals surface area contributed by atoms with Gasteiger partial charge >= 0.3 is 15.6 Å². The molecule has 0 unspecified atom stereocenters. The average molecular weight is 321 g/mol. The summed E-state index contributed by atoms with van der Waals surface area (Å²) in [7, 11) is -5.84. The molecule has 0 aliphatic rings. The van der Waals surface area contributed by atoms with Gasteiger partial charge in [-0.3, -0.25) is 4.55 Å². The van der Waals surface area contributed by atoms with E-state index >= 15 is 0 Å². The molecule has 0 aliphatic carbocycles. The molecular weight excluding hydrogens is 307 g/mol. The standard InChI is InChI=1S/C12H10.CHF3O3S.H3N/c1-3-7-11(8-4-1)12-9-5-2-6-10-12;2-1(3,4)8(5,6)7;/h1-10H;(H,5,6,7);1H3. The fourth-order valence-corrected chi connectivity index (χ4v) is 1.26. The van der Waals surface area contributed by atoms with Crippen molar-refractivity contribution in [1.29, 1.82) is 0 Å². The molecule has 116 valence electrons. The summed E-state index contributed by atoms with van der Waals surface area (Å²) in [6, 6.07) is 20.8. The third-order valence-electron chi connectivity index (χ3n) is 2.17. The van der Waals surface area contributed by atoms with Crippen LogP contribution in [0.3, 0.4) is 0 Å². The number of rotatable bonds is 1. The van der Waals surface area contributed by atoms with E-state index in [1.807, 2.05) is 12.1 Å². The first kappa shape index (κ1) is 19.1. The van der Waals surface area contributed by atoms with E-state index in [-0.39, 0.29) is 6.15 Å². The summed E-state index contributed by atoms with van der Waals surface area (Å²) in [5.41, 5.74) is -2.98. The molecule has 0 amide bonds. The predicted molar refractivity (Wildman–Crippen MR) is 74.5 cm³/mol. The summed E-state index contributed by atoms with van der Waals surface area (Å²) in [4.78, 5) is 0. The second kappa shape index (κ2) is 7.77. The average Bonchev–Trinajstić information content (AvgIpc) is 2.39. The molecule has 0 spiro atoms. The second-order valence-electron chi connectivity index (χ2n) is 3.65. The van der Waals surface area contributed by atoms with E-state index in [2.05, 4.69) is 48.5 Å². The zero-order valence-corrected chi connectivity index (χ0v) is 11.6. The van der Waals surface area contributed by atoms with Crippen molar-refractivity contribution >= 4 is 10.1 Å². The van der Waals surface area contributed by atoms with Crippen molar-refractivity contribution in [3.8, 4) is 11.1 Å². The van der Waals surface area contributed by atoms with Crippen molar-refractivity contribution in [2.24, 2.45) is 0 Å². The van der Waals surface area contributed by atoms with Gasteiger partial charge in [0, 0.05) is 0 Å². The van der Waals surface area contributed by atoms with Crippen LogP contribution < -0.4 is 6.15 Å². The van der Waals surface area contributed by atoms with E-state index in [1.165, 1.54) is 11.1 Å². The highest BCUT2D eigenvalue weighted by Crippen LogP contribution is 2.20. The molecule has 2 aromatic rings. The number of alkyl halides is 3. The Morgan fingerprint density at radius 1 is 0.762 bits per heavy atom. The predicted octanol–water partition coefficient (Wildman–Crippen LogP) is 3.91. The highest BCUT2D eigenvalue weighted by molar-refractivity contribution is 7.86. The van der Waals surface area contributed by atoms with Crippen molar-refractivity contribution in [1.82, 2.24) is 6.15 Å². The zero-order valence-electron chi connectivity index (χ0n) is 10.8. The van der Waals surface area contributed by atoms with E-state index in [9.17, 15) is 13.2 Å². The van der Waals surface area contributed by atoms with E-state index in [1.54, 1.807) is 0 Å². The highest BCUT2D eigenvalue weighted by Gasteiger charge is 2.44. The lowest BCUT2D eigenvalue weighted by Gasteiger charge is -1.98. The van der Waals surface area contributed by atoms with Gasteiger partial charge in [-0.25, -0.2) is 0 Å². The summed E-state index contributed by atoms with van der Waals surface area (Å²) in [5, 5.41) is 0. The van der Waals surface area contributed by atoms with Gasteiger partial charge in [0.25, 0.3) is 0 Å². The molecule has 0 fully saturated rings. The van der Waals surface area contributed by atoms with Crippen LogP contribution in [0.1, 0.15) is 0 Å². The van der Waals surface area contributed by atoms with Crippen LogP contribution in [0.25, 0.3) is 11.1 Å². The van der Waals surface area contributed by atoms with Crippen molar-refractivity contribution in [3.05, 3.63) is 60.7 Å². The summed E-state index contributed by atoms with van der Waals surface area (Å²) in [6.07, 6.45) is 0. The van der Waals surface area contributed by atoms with Crippen LogP contribution >= 0.6 is 0 Å². The van der Waals surface area contributed by atoms with Gasteiger partial charge < -0.3 is 6.15 Å². The maximum atomic E-state index is 10.7. The van der Waals surface area contributed by atoms with Crippen molar-refractivity contribution in [3.63, 3.8) is 0 Å².